The summed E-state index contributed by atoms with van der Waals surface area (Å²) < 4.78 is 0. The van der Waals surface area contributed by atoms with Crippen molar-refractivity contribution in [2.75, 3.05) is 5.32 Å². The van der Waals surface area contributed by atoms with Gasteiger partial charge in [-0.05, 0) is 41.8 Å². The molecule has 0 spiro atoms. The summed E-state index contributed by atoms with van der Waals surface area (Å²) in [6.07, 6.45) is 1.31. The van der Waals surface area contributed by atoms with E-state index >= 15 is 0 Å². The second-order valence-electron chi connectivity index (χ2n) is 5.14. The molecule has 112 valence electrons. The molecule has 0 aliphatic heterocycles. The van der Waals surface area contributed by atoms with Gasteiger partial charge < -0.3 is 5.32 Å². The van der Waals surface area contributed by atoms with Crippen LogP contribution in [0.3, 0.4) is 0 Å². The Hall–Kier alpha value is -2.33. The lowest BCUT2D eigenvalue weighted by Gasteiger charge is -2.03. The fourth-order valence-electron chi connectivity index (χ4n) is 2.38. The molecule has 0 saturated carbocycles. The predicted octanol–water partition coefficient (Wildman–Crippen LogP) is 4.62. The second-order valence-corrected chi connectivity index (χ2v) is 5.58. The number of carbonyl (C=O) groups excluding carboxylic acids is 1. The predicted molar refractivity (Wildman–Crippen MR) is 90.1 cm³/mol. The fourth-order valence-corrected chi connectivity index (χ4v) is 2.57. The Morgan fingerprint density at radius 3 is 2.82 bits per heavy atom. The zero-order valence-corrected chi connectivity index (χ0v) is 12.9. The van der Waals surface area contributed by atoms with E-state index in [4.69, 9.17) is 11.6 Å². The first-order chi connectivity index (χ1) is 10.7. The average molecular weight is 314 g/mol. The van der Waals surface area contributed by atoms with E-state index in [1.807, 2.05) is 49.4 Å². The molecule has 0 radical (unpaired) electrons. The zero-order chi connectivity index (χ0) is 15.5. The first-order valence-corrected chi connectivity index (χ1v) is 7.59. The minimum atomic E-state index is -0.0187. The van der Waals surface area contributed by atoms with Crippen LogP contribution in [0.15, 0.2) is 42.5 Å². The van der Waals surface area contributed by atoms with Crippen molar-refractivity contribution in [3.63, 3.8) is 0 Å². The van der Waals surface area contributed by atoms with E-state index in [1.54, 1.807) is 0 Å². The van der Waals surface area contributed by atoms with E-state index in [2.05, 4.69) is 15.5 Å². The van der Waals surface area contributed by atoms with E-state index in [1.165, 1.54) is 0 Å². The number of aromatic nitrogens is 2. The number of anilines is 1. The van der Waals surface area contributed by atoms with E-state index in [-0.39, 0.29) is 5.91 Å². The van der Waals surface area contributed by atoms with Crippen LogP contribution in [0.4, 0.5) is 5.82 Å². The van der Waals surface area contributed by atoms with Crippen molar-refractivity contribution in [2.45, 2.75) is 19.8 Å². The Morgan fingerprint density at radius 1 is 1.23 bits per heavy atom. The summed E-state index contributed by atoms with van der Waals surface area (Å²) in [5, 5.41) is 11.6. The first kappa shape index (κ1) is 14.6. The monoisotopic (exact) mass is 313 g/mol. The summed E-state index contributed by atoms with van der Waals surface area (Å²) in [7, 11) is 0. The van der Waals surface area contributed by atoms with Crippen molar-refractivity contribution in [1.29, 1.82) is 0 Å². The first-order valence-electron chi connectivity index (χ1n) is 7.21. The molecule has 2 N–H and O–H groups in total. The molecule has 0 aliphatic carbocycles. The maximum Gasteiger partial charge on any atom is 0.225 e. The topological polar surface area (TPSA) is 57.8 Å². The van der Waals surface area contributed by atoms with Crippen molar-refractivity contribution >= 4 is 34.2 Å². The van der Waals surface area contributed by atoms with Crippen molar-refractivity contribution in [3.05, 3.63) is 47.5 Å². The molecule has 3 aromatic rings. The van der Waals surface area contributed by atoms with Crippen LogP contribution in [0.25, 0.3) is 22.0 Å². The van der Waals surface area contributed by atoms with Gasteiger partial charge in [0.15, 0.2) is 5.82 Å². The number of hydrogen-bond donors (Lipinski definition) is 2. The van der Waals surface area contributed by atoms with Crippen LogP contribution in [-0.4, -0.2) is 16.1 Å². The van der Waals surface area contributed by atoms with Gasteiger partial charge in [-0.15, -0.1) is 0 Å². The molecule has 22 heavy (non-hydrogen) atoms. The summed E-state index contributed by atoms with van der Waals surface area (Å²) in [4.78, 5) is 11.7. The molecule has 4 nitrogen and oxygen atoms in total. The number of benzene rings is 2. The van der Waals surface area contributed by atoms with E-state index in [9.17, 15) is 4.79 Å². The van der Waals surface area contributed by atoms with Gasteiger partial charge in [-0.25, -0.2) is 0 Å². The molecule has 2 aromatic carbocycles. The van der Waals surface area contributed by atoms with Gasteiger partial charge in [-0.3, -0.25) is 9.89 Å². The van der Waals surface area contributed by atoms with Crippen molar-refractivity contribution < 1.29 is 4.79 Å². The Morgan fingerprint density at radius 2 is 2.05 bits per heavy atom. The van der Waals surface area contributed by atoms with Gasteiger partial charge in [0.1, 0.15) is 0 Å². The van der Waals surface area contributed by atoms with Gasteiger partial charge in [0.2, 0.25) is 5.91 Å². The van der Waals surface area contributed by atoms with Crippen molar-refractivity contribution in [3.8, 4) is 11.1 Å². The number of H-pyrrole nitrogens is 1. The standard InChI is InChI=1S/C17H16ClN3O/c1-2-4-16(22)19-17-14-8-7-12(10-15(14)20-21-17)11-5-3-6-13(18)9-11/h3,5-10H,2,4H2,1H3,(H2,19,20,21,22). The van der Waals surface area contributed by atoms with E-state index in [0.29, 0.717) is 17.3 Å². The van der Waals surface area contributed by atoms with Crippen LogP contribution in [0.5, 0.6) is 0 Å². The molecule has 0 bridgehead atoms. The number of hydrogen-bond acceptors (Lipinski definition) is 2. The van der Waals surface area contributed by atoms with Gasteiger partial charge in [0, 0.05) is 16.8 Å². The third kappa shape index (κ3) is 2.97. The maximum atomic E-state index is 11.7. The molecule has 1 amide bonds. The van der Waals surface area contributed by atoms with Crippen LogP contribution >= 0.6 is 11.6 Å². The highest BCUT2D eigenvalue weighted by atomic mass is 35.5. The van der Waals surface area contributed by atoms with Gasteiger partial charge >= 0.3 is 0 Å². The Kier molecular flexibility index (Phi) is 4.11. The van der Waals surface area contributed by atoms with Crippen molar-refractivity contribution in [1.82, 2.24) is 10.2 Å². The highest BCUT2D eigenvalue weighted by Gasteiger charge is 2.10. The van der Waals surface area contributed by atoms with Crippen LogP contribution in [0.1, 0.15) is 19.8 Å². The highest BCUT2D eigenvalue weighted by molar-refractivity contribution is 6.30. The van der Waals surface area contributed by atoms with Crippen LogP contribution < -0.4 is 5.32 Å². The van der Waals surface area contributed by atoms with Gasteiger partial charge in [0.25, 0.3) is 0 Å². The molecule has 0 unspecified atom stereocenters. The molecule has 5 heteroatoms. The molecular formula is C17H16ClN3O. The van der Waals surface area contributed by atoms with Gasteiger partial charge in [0.05, 0.1) is 5.52 Å². The fraction of sp³-hybridized carbons (Fsp3) is 0.176. The van der Waals surface area contributed by atoms with Gasteiger partial charge in [-0.2, -0.15) is 5.10 Å². The molecule has 0 atom stereocenters. The molecular weight excluding hydrogens is 298 g/mol. The number of rotatable bonds is 4. The number of aromatic amines is 1. The van der Waals surface area contributed by atoms with Crippen molar-refractivity contribution in [2.24, 2.45) is 0 Å². The molecule has 0 aliphatic rings. The summed E-state index contributed by atoms with van der Waals surface area (Å²) in [6, 6.07) is 13.7. The largest absolute Gasteiger partial charge is 0.309 e. The maximum absolute atomic E-state index is 11.7. The minimum absolute atomic E-state index is 0.0187. The molecule has 0 saturated heterocycles. The Balaban J connectivity index is 1.94. The van der Waals surface area contributed by atoms with Crippen LogP contribution in [0.2, 0.25) is 5.02 Å². The third-order valence-corrected chi connectivity index (χ3v) is 3.69. The Bertz CT molecular complexity index is 826. The quantitative estimate of drug-likeness (QED) is 0.738. The summed E-state index contributed by atoms with van der Waals surface area (Å²) >= 11 is 6.04. The smallest absolute Gasteiger partial charge is 0.225 e. The Labute approximate surface area is 133 Å². The lowest BCUT2D eigenvalue weighted by atomic mass is 10.0. The number of halogens is 1. The lowest BCUT2D eigenvalue weighted by molar-refractivity contribution is -0.116. The SMILES string of the molecule is CCCC(=O)Nc1n[nH]c2cc(-c3cccc(Cl)c3)ccc12. The number of nitrogens with one attached hydrogen (secondary N) is 2. The highest BCUT2D eigenvalue weighted by Crippen LogP contribution is 2.28. The summed E-state index contributed by atoms with van der Waals surface area (Å²) in [6.45, 7) is 1.97. The van der Waals surface area contributed by atoms with E-state index < -0.39 is 0 Å². The molecule has 0 fully saturated rings. The zero-order valence-electron chi connectivity index (χ0n) is 12.2. The summed E-state index contributed by atoms with van der Waals surface area (Å²) in [5.41, 5.74) is 2.97. The molecule has 3 rings (SSSR count). The second kappa shape index (κ2) is 6.20. The normalized spacial score (nSPS) is 10.8. The van der Waals surface area contributed by atoms with E-state index in [0.717, 1.165) is 28.5 Å². The third-order valence-electron chi connectivity index (χ3n) is 3.46. The average Bonchev–Trinajstić information content (AvgIpc) is 2.90. The van der Waals surface area contributed by atoms with Crippen LogP contribution in [0, 0.1) is 0 Å². The number of carbonyl (C=O) groups is 1. The number of nitrogens with zero attached hydrogens (tertiary/aromatic N) is 1. The van der Waals surface area contributed by atoms with Crippen LogP contribution in [-0.2, 0) is 4.79 Å². The minimum Gasteiger partial charge on any atom is -0.309 e. The van der Waals surface area contributed by atoms with Gasteiger partial charge in [-0.1, -0.05) is 36.7 Å². The lowest BCUT2D eigenvalue weighted by Crippen LogP contribution is -2.10. The number of amides is 1. The number of fused-ring (bicyclic) bond motifs is 1. The molecule has 1 heterocycles. The molecule has 1 aromatic heterocycles. The summed E-state index contributed by atoms with van der Waals surface area (Å²) in [5.74, 6) is 0.556.